The quantitative estimate of drug-likeness (QED) is 0.772. The van der Waals surface area contributed by atoms with Crippen LogP contribution in [0.5, 0.6) is 0 Å². The van der Waals surface area contributed by atoms with Crippen molar-refractivity contribution in [2.24, 2.45) is 0 Å². The second-order valence-corrected chi connectivity index (χ2v) is 6.66. The minimum atomic E-state index is -3.59. The Kier molecular flexibility index (Phi) is 3.91. The lowest BCUT2D eigenvalue weighted by Crippen LogP contribution is -2.26. The lowest BCUT2D eigenvalue weighted by molar-refractivity contribution is 0.582. The Balaban J connectivity index is 1.77. The summed E-state index contributed by atoms with van der Waals surface area (Å²) >= 11 is 1.00. The van der Waals surface area contributed by atoms with Gasteiger partial charge >= 0.3 is 0 Å². The predicted octanol–water partition coefficient (Wildman–Crippen LogP) is 1.61. The van der Waals surface area contributed by atoms with E-state index in [0.717, 1.165) is 17.3 Å². The van der Waals surface area contributed by atoms with E-state index in [0.29, 0.717) is 24.0 Å². The maximum absolute atomic E-state index is 12.3. The fraction of sp³-hybridized carbons (Fsp3) is 0.154. The largest absolute Gasteiger partial charge is 0.264 e. The van der Waals surface area contributed by atoms with Gasteiger partial charge in [0.2, 0.25) is 10.0 Å². The Morgan fingerprint density at radius 3 is 2.86 bits per heavy atom. The normalized spacial score (nSPS) is 11.8. The molecule has 0 atom stereocenters. The Morgan fingerprint density at radius 1 is 1.14 bits per heavy atom. The molecule has 0 spiro atoms. The number of fused-ring (bicyclic) bond motifs is 1. The van der Waals surface area contributed by atoms with Crippen LogP contribution in [0.25, 0.3) is 11.0 Å². The zero-order chi connectivity index (χ0) is 14.7. The molecule has 0 saturated carbocycles. The summed E-state index contributed by atoms with van der Waals surface area (Å²) in [6.45, 7) is 0.308. The van der Waals surface area contributed by atoms with E-state index >= 15 is 0 Å². The summed E-state index contributed by atoms with van der Waals surface area (Å²) < 4.78 is 35.4. The molecule has 1 N–H and O–H groups in total. The van der Waals surface area contributed by atoms with Gasteiger partial charge in [0.15, 0.2) is 0 Å². The van der Waals surface area contributed by atoms with E-state index in [1.165, 1.54) is 6.07 Å². The summed E-state index contributed by atoms with van der Waals surface area (Å²) in [6.07, 6.45) is 3.99. The second kappa shape index (κ2) is 5.84. The first kappa shape index (κ1) is 14.1. The predicted molar refractivity (Wildman–Crippen MR) is 80.5 cm³/mol. The fourth-order valence-electron chi connectivity index (χ4n) is 1.95. The van der Waals surface area contributed by atoms with Crippen molar-refractivity contribution in [1.82, 2.24) is 18.5 Å². The molecule has 0 radical (unpaired) electrons. The molecule has 0 aliphatic heterocycles. The number of aromatic nitrogens is 3. The zero-order valence-electron chi connectivity index (χ0n) is 10.9. The Hall–Kier alpha value is -1.90. The average Bonchev–Trinajstić information content (AvgIpc) is 2.96. The van der Waals surface area contributed by atoms with E-state index in [9.17, 15) is 8.42 Å². The lowest BCUT2D eigenvalue weighted by atomic mass is 10.2. The van der Waals surface area contributed by atoms with Crippen LogP contribution in [0.15, 0.2) is 47.6 Å². The number of benzene rings is 1. The summed E-state index contributed by atoms with van der Waals surface area (Å²) in [6, 6.07) is 8.68. The Bertz CT molecular complexity index is 847. The molecule has 0 bridgehead atoms. The summed E-state index contributed by atoms with van der Waals surface area (Å²) in [5.74, 6) is 0. The maximum atomic E-state index is 12.3. The lowest BCUT2D eigenvalue weighted by Gasteiger charge is -2.07. The number of pyridine rings is 1. The van der Waals surface area contributed by atoms with Crippen molar-refractivity contribution in [2.45, 2.75) is 11.3 Å². The zero-order valence-corrected chi connectivity index (χ0v) is 12.6. The third-order valence-corrected chi connectivity index (χ3v) is 5.00. The molecule has 3 aromatic rings. The van der Waals surface area contributed by atoms with Gasteiger partial charge in [-0.2, -0.15) is 8.75 Å². The molecule has 8 heteroatoms. The maximum Gasteiger partial charge on any atom is 0.242 e. The molecule has 1 aromatic carbocycles. The summed E-state index contributed by atoms with van der Waals surface area (Å²) in [5, 5.41) is 0. The molecule has 0 aliphatic rings. The first-order chi connectivity index (χ1) is 10.2. The van der Waals surface area contributed by atoms with Gasteiger partial charge in [0.05, 0.1) is 11.7 Å². The number of rotatable bonds is 5. The van der Waals surface area contributed by atoms with Crippen molar-refractivity contribution >= 4 is 32.8 Å². The fourth-order valence-corrected chi connectivity index (χ4v) is 3.75. The van der Waals surface area contributed by atoms with E-state index < -0.39 is 10.0 Å². The molecule has 21 heavy (non-hydrogen) atoms. The van der Waals surface area contributed by atoms with Crippen LogP contribution < -0.4 is 4.72 Å². The topological polar surface area (TPSA) is 84.8 Å². The summed E-state index contributed by atoms with van der Waals surface area (Å²) in [4.78, 5) is 4.16. The molecular weight excluding hydrogens is 308 g/mol. The van der Waals surface area contributed by atoms with Crippen LogP contribution in [0.2, 0.25) is 0 Å². The van der Waals surface area contributed by atoms with E-state index in [1.54, 1.807) is 24.5 Å². The van der Waals surface area contributed by atoms with Crippen LogP contribution in [0, 0.1) is 0 Å². The highest BCUT2D eigenvalue weighted by Crippen LogP contribution is 2.20. The van der Waals surface area contributed by atoms with Gasteiger partial charge < -0.3 is 0 Å². The number of hydrogen-bond donors (Lipinski definition) is 1. The molecule has 3 rings (SSSR count). The van der Waals surface area contributed by atoms with Crippen molar-refractivity contribution in [3.05, 3.63) is 48.3 Å². The van der Waals surface area contributed by atoms with Gasteiger partial charge in [-0.05, 0) is 30.2 Å². The monoisotopic (exact) mass is 320 g/mol. The third kappa shape index (κ3) is 3.07. The van der Waals surface area contributed by atoms with Gasteiger partial charge in [0.25, 0.3) is 0 Å². The molecule has 6 nitrogen and oxygen atoms in total. The van der Waals surface area contributed by atoms with Gasteiger partial charge in [-0.25, -0.2) is 13.1 Å². The Labute approximate surface area is 126 Å². The van der Waals surface area contributed by atoms with Crippen molar-refractivity contribution in [2.75, 3.05) is 6.54 Å². The van der Waals surface area contributed by atoms with Crippen LogP contribution >= 0.6 is 11.7 Å². The van der Waals surface area contributed by atoms with Crippen LogP contribution in [0.4, 0.5) is 0 Å². The minimum absolute atomic E-state index is 0.167. The molecular formula is C13H12N4O2S2. The van der Waals surface area contributed by atoms with E-state index in [4.69, 9.17) is 0 Å². The smallest absolute Gasteiger partial charge is 0.242 e. The van der Waals surface area contributed by atoms with Crippen LogP contribution in [-0.2, 0) is 16.4 Å². The number of nitrogens with one attached hydrogen (secondary N) is 1. The first-order valence-corrected chi connectivity index (χ1v) is 8.48. The highest BCUT2D eigenvalue weighted by Gasteiger charge is 2.18. The van der Waals surface area contributed by atoms with Crippen LogP contribution in [0.3, 0.4) is 0 Å². The molecule has 0 saturated heterocycles. The van der Waals surface area contributed by atoms with Gasteiger partial charge in [0, 0.05) is 18.9 Å². The molecule has 0 fully saturated rings. The highest BCUT2D eigenvalue weighted by atomic mass is 32.2. The van der Waals surface area contributed by atoms with Gasteiger partial charge in [-0.1, -0.05) is 12.1 Å². The number of nitrogens with zero attached hydrogens (tertiary/aromatic N) is 3. The first-order valence-electron chi connectivity index (χ1n) is 6.27. The number of hydrogen-bond acceptors (Lipinski definition) is 6. The van der Waals surface area contributed by atoms with E-state index in [-0.39, 0.29) is 4.90 Å². The van der Waals surface area contributed by atoms with E-state index in [2.05, 4.69) is 18.5 Å². The van der Waals surface area contributed by atoms with Crippen molar-refractivity contribution in [3.8, 4) is 0 Å². The molecule has 0 aliphatic carbocycles. The second-order valence-electron chi connectivity index (χ2n) is 4.40. The minimum Gasteiger partial charge on any atom is -0.264 e. The molecule has 0 unspecified atom stereocenters. The molecule has 0 amide bonds. The SMILES string of the molecule is O=S(=O)(NCCc1cccnc1)c1cccc2nsnc12. The third-order valence-electron chi connectivity index (χ3n) is 2.97. The highest BCUT2D eigenvalue weighted by molar-refractivity contribution is 7.89. The van der Waals surface area contributed by atoms with Crippen LogP contribution in [0.1, 0.15) is 5.56 Å². The van der Waals surface area contributed by atoms with E-state index in [1.807, 2.05) is 12.1 Å². The van der Waals surface area contributed by atoms with Gasteiger partial charge in [0.1, 0.15) is 15.9 Å². The van der Waals surface area contributed by atoms with Gasteiger partial charge in [-0.15, -0.1) is 0 Å². The van der Waals surface area contributed by atoms with Crippen molar-refractivity contribution in [3.63, 3.8) is 0 Å². The molecule has 108 valence electrons. The summed E-state index contributed by atoms with van der Waals surface area (Å²) in [5.41, 5.74) is 1.99. The molecule has 2 aromatic heterocycles. The number of sulfonamides is 1. The Morgan fingerprint density at radius 2 is 2.05 bits per heavy atom. The van der Waals surface area contributed by atoms with Crippen molar-refractivity contribution < 1.29 is 8.42 Å². The standard InChI is InChI=1S/C13H12N4O2S2/c18-21(19,15-8-6-10-3-2-7-14-9-10)12-5-1-4-11-13(12)17-20-16-11/h1-5,7,9,15H,6,8H2. The van der Waals surface area contributed by atoms with Gasteiger partial charge in [-0.3, -0.25) is 4.98 Å². The van der Waals surface area contributed by atoms with Crippen LogP contribution in [-0.4, -0.2) is 28.7 Å². The summed E-state index contributed by atoms with van der Waals surface area (Å²) in [7, 11) is -3.59. The molecule has 2 heterocycles. The average molecular weight is 320 g/mol. The van der Waals surface area contributed by atoms with Crippen molar-refractivity contribution in [1.29, 1.82) is 0 Å².